The Kier molecular flexibility index (Phi) is 4.76. The molecular formula is C21H22O5. The fourth-order valence-corrected chi connectivity index (χ4v) is 3.46. The van der Waals surface area contributed by atoms with Crippen molar-refractivity contribution < 1.29 is 23.7 Å². The van der Waals surface area contributed by atoms with Gasteiger partial charge in [-0.2, -0.15) is 0 Å². The van der Waals surface area contributed by atoms with Crippen LogP contribution in [0.15, 0.2) is 48.5 Å². The van der Waals surface area contributed by atoms with Crippen molar-refractivity contribution in [1.82, 2.24) is 0 Å². The van der Waals surface area contributed by atoms with Crippen LogP contribution < -0.4 is 4.74 Å². The Hall–Kier alpha value is -2.21. The first-order valence-corrected chi connectivity index (χ1v) is 8.80. The number of carbonyl (C=O) groups excluding carboxylic acids is 1. The van der Waals surface area contributed by atoms with Gasteiger partial charge in [0.25, 0.3) is 0 Å². The predicted molar refractivity (Wildman–Crippen MR) is 95.7 cm³/mol. The minimum Gasteiger partial charge on any atom is -0.485 e. The molecule has 2 unspecified atom stereocenters. The van der Waals surface area contributed by atoms with E-state index in [2.05, 4.69) is 0 Å². The number of rotatable bonds is 5. The molecule has 2 saturated heterocycles. The Balaban J connectivity index is 1.42. The molecule has 2 fully saturated rings. The molecule has 2 aromatic carbocycles. The first kappa shape index (κ1) is 17.2. The van der Waals surface area contributed by atoms with Crippen LogP contribution in [0.4, 0.5) is 0 Å². The first-order valence-electron chi connectivity index (χ1n) is 8.80. The van der Waals surface area contributed by atoms with Gasteiger partial charge in [-0.05, 0) is 31.2 Å². The van der Waals surface area contributed by atoms with Gasteiger partial charge < -0.3 is 18.9 Å². The van der Waals surface area contributed by atoms with Crippen molar-refractivity contribution >= 4 is 5.78 Å². The average Bonchev–Trinajstić information content (AvgIpc) is 3.25. The van der Waals surface area contributed by atoms with Gasteiger partial charge in [0.15, 0.2) is 11.9 Å². The maximum atomic E-state index is 12.5. The third-order valence-electron chi connectivity index (χ3n) is 4.98. The smallest absolute Gasteiger partial charge is 0.193 e. The van der Waals surface area contributed by atoms with Crippen LogP contribution in [0, 0.1) is 6.92 Å². The van der Waals surface area contributed by atoms with Crippen molar-refractivity contribution in [2.24, 2.45) is 0 Å². The van der Waals surface area contributed by atoms with Crippen LogP contribution >= 0.6 is 0 Å². The second-order valence-electron chi connectivity index (χ2n) is 6.75. The van der Waals surface area contributed by atoms with E-state index in [9.17, 15) is 4.79 Å². The lowest BCUT2D eigenvalue weighted by molar-refractivity contribution is -0.0138. The van der Waals surface area contributed by atoms with E-state index in [4.69, 9.17) is 18.9 Å². The molecule has 0 saturated carbocycles. The molecule has 0 bridgehead atoms. The molecule has 0 spiro atoms. The summed E-state index contributed by atoms with van der Waals surface area (Å²) in [4.78, 5) is 12.5. The summed E-state index contributed by atoms with van der Waals surface area (Å²) < 4.78 is 22.9. The highest BCUT2D eigenvalue weighted by Crippen LogP contribution is 2.31. The maximum absolute atomic E-state index is 12.5. The van der Waals surface area contributed by atoms with E-state index in [1.165, 1.54) is 0 Å². The van der Waals surface area contributed by atoms with Crippen molar-refractivity contribution in [3.63, 3.8) is 0 Å². The van der Waals surface area contributed by atoms with E-state index < -0.39 is 0 Å². The molecule has 2 aliphatic rings. The topological polar surface area (TPSA) is 54.0 Å². The molecule has 136 valence electrons. The standard InChI is InChI=1S/C21H22O5/c1-13-3-5-14(6-4-13)19(22)15-7-9-16(10-8-15)26-18-12-25-20-17(23-2)11-24-21(18)20/h3-10,17-18,20-21H,11-12H2,1-2H3/t17-,18+,20?,21?/m0/s1. The van der Waals surface area contributed by atoms with Gasteiger partial charge in [-0.25, -0.2) is 0 Å². The molecule has 5 heteroatoms. The molecule has 2 heterocycles. The van der Waals surface area contributed by atoms with E-state index >= 15 is 0 Å². The first-order chi connectivity index (χ1) is 12.7. The number of fused-ring (bicyclic) bond motifs is 1. The van der Waals surface area contributed by atoms with Crippen LogP contribution in [-0.2, 0) is 14.2 Å². The lowest BCUT2D eigenvalue weighted by Gasteiger charge is -2.18. The van der Waals surface area contributed by atoms with E-state index in [1.807, 2.05) is 43.3 Å². The second-order valence-corrected chi connectivity index (χ2v) is 6.75. The van der Waals surface area contributed by atoms with E-state index in [0.717, 1.165) is 5.56 Å². The highest BCUT2D eigenvalue weighted by atomic mass is 16.6. The molecule has 5 nitrogen and oxygen atoms in total. The summed E-state index contributed by atoms with van der Waals surface area (Å²) in [5.74, 6) is 0.701. The van der Waals surface area contributed by atoms with Crippen molar-refractivity contribution in [2.45, 2.75) is 31.3 Å². The normalized spacial score (nSPS) is 27.3. The lowest BCUT2D eigenvalue weighted by Crippen LogP contribution is -2.35. The van der Waals surface area contributed by atoms with Gasteiger partial charge in [-0.1, -0.05) is 29.8 Å². The second kappa shape index (κ2) is 7.19. The molecule has 4 atom stereocenters. The summed E-state index contributed by atoms with van der Waals surface area (Å²) in [5, 5.41) is 0. The Morgan fingerprint density at radius 2 is 1.42 bits per heavy atom. The average molecular weight is 354 g/mol. The Morgan fingerprint density at radius 1 is 0.885 bits per heavy atom. The van der Waals surface area contributed by atoms with Crippen LogP contribution in [0.2, 0.25) is 0 Å². The van der Waals surface area contributed by atoms with Gasteiger partial charge in [-0.3, -0.25) is 4.79 Å². The Bertz CT molecular complexity index is 768. The van der Waals surface area contributed by atoms with E-state index in [0.29, 0.717) is 30.1 Å². The highest BCUT2D eigenvalue weighted by molar-refractivity contribution is 6.09. The summed E-state index contributed by atoms with van der Waals surface area (Å²) >= 11 is 0. The number of benzene rings is 2. The van der Waals surface area contributed by atoms with E-state index in [-0.39, 0.29) is 30.2 Å². The maximum Gasteiger partial charge on any atom is 0.193 e. The molecule has 0 N–H and O–H groups in total. The minimum absolute atomic E-state index is 0.00266. The van der Waals surface area contributed by atoms with Crippen molar-refractivity contribution in [2.75, 3.05) is 20.3 Å². The highest BCUT2D eigenvalue weighted by Gasteiger charge is 2.49. The molecule has 26 heavy (non-hydrogen) atoms. The fraction of sp³-hybridized carbons (Fsp3) is 0.381. The Labute approximate surface area is 152 Å². The summed E-state index contributed by atoms with van der Waals surface area (Å²) in [6.07, 6.45) is -0.400. The summed E-state index contributed by atoms with van der Waals surface area (Å²) in [5.41, 5.74) is 2.45. The van der Waals surface area contributed by atoms with Gasteiger partial charge in [0.1, 0.15) is 24.1 Å². The summed E-state index contributed by atoms with van der Waals surface area (Å²) in [7, 11) is 1.66. The molecule has 2 aliphatic heterocycles. The van der Waals surface area contributed by atoms with Crippen molar-refractivity contribution in [1.29, 1.82) is 0 Å². The van der Waals surface area contributed by atoms with Crippen LogP contribution in [0.5, 0.6) is 5.75 Å². The van der Waals surface area contributed by atoms with Gasteiger partial charge in [-0.15, -0.1) is 0 Å². The molecule has 0 aliphatic carbocycles. The fourth-order valence-electron chi connectivity index (χ4n) is 3.46. The van der Waals surface area contributed by atoms with Crippen molar-refractivity contribution in [3.05, 3.63) is 65.2 Å². The number of ether oxygens (including phenoxy) is 4. The zero-order chi connectivity index (χ0) is 18.1. The number of ketones is 1. The van der Waals surface area contributed by atoms with Crippen LogP contribution in [0.1, 0.15) is 21.5 Å². The third-order valence-corrected chi connectivity index (χ3v) is 4.98. The van der Waals surface area contributed by atoms with Gasteiger partial charge in [0, 0.05) is 18.2 Å². The SMILES string of the molecule is CO[C@H]1COC2C1OC[C@H]2Oc1ccc(C(=O)c2ccc(C)cc2)cc1. The number of aryl methyl sites for hydroxylation is 1. The molecular weight excluding hydrogens is 332 g/mol. The third kappa shape index (κ3) is 3.26. The van der Waals surface area contributed by atoms with Crippen LogP contribution in [0.25, 0.3) is 0 Å². The summed E-state index contributed by atoms with van der Waals surface area (Å²) in [6.45, 7) is 3.00. The Morgan fingerprint density at radius 3 is 2.04 bits per heavy atom. The molecule has 0 radical (unpaired) electrons. The lowest BCUT2D eigenvalue weighted by atomic mass is 10.0. The monoisotopic (exact) mass is 354 g/mol. The number of methoxy groups -OCH3 is 1. The predicted octanol–water partition coefficient (Wildman–Crippen LogP) is 2.79. The number of hydrogen-bond acceptors (Lipinski definition) is 5. The van der Waals surface area contributed by atoms with Crippen LogP contribution in [-0.4, -0.2) is 50.5 Å². The summed E-state index contributed by atoms with van der Waals surface area (Å²) in [6, 6.07) is 14.8. The van der Waals surface area contributed by atoms with E-state index in [1.54, 1.807) is 19.2 Å². The van der Waals surface area contributed by atoms with Crippen molar-refractivity contribution in [3.8, 4) is 5.75 Å². The molecule has 0 amide bonds. The zero-order valence-electron chi connectivity index (χ0n) is 14.9. The van der Waals surface area contributed by atoms with Gasteiger partial charge in [0.05, 0.1) is 13.2 Å². The largest absolute Gasteiger partial charge is 0.485 e. The quantitative estimate of drug-likeness (QED) is 0.773. The molecule has 0 aromatic heterocycles. The number of hydrogen-bond donors (Lipinski definition) is 0. The van der Waals surface area contributed by atoms with Gasteiger partial charge in [0.2, 0.25) is 0 Å². The molecule has 4 rings (SSSR count). The van der Waals surface area contributed by atoms with Crippen LogP contribution in [0.3, 0.4) is 0 Å². The number of carbonyl (C=O) groups is 1. The zero-order valence-corrected chi connectivity index (χ0v) is 14.9. The minimum atomic E-state index is -0.168. The molecule has 2 aromatic rings. The van der Waals surface area contributed by atoms with Gasteiger partial charge >= 0.3 is 0 Å².